The third-order valence-electron chi connectivity index (χ3n) is 6.49. The Morgan fingerprint density at radius 3 is 2.20 bits per heavy atom. The number of hydrogen-bond acceptors (Lipinski definition) is 3. The molecule has 2 aliphatic rings. The van der Waals surface area contributed by atoms with E-state index in [2.05, 4.69) is 0 Å². The van der Waals surface area contributed by atoms with Crippen molar-refractivity contribution in [2.45, 2.75) is 28.2 Å². The fraction of sp³-hybridized carbons (Fsp3) is 0.278. The van der Waals surface area contributed by atoms with Crippen molar-refractivity contribution in [1.29, 1.82) is 5.26 Å². The highest BCUT2D eigenvalue weighted by atomic mass is 19.3. The normalized spacial score (nSPS) is 29.3. The lowest BCUT2D eigenvalue weighted by Crippen LogP contribution is -2.58. The number of nitrogens with zero attached hydrogens (tertiary/aromatic N) is 1. The summed E-state index contributed by atoms with van der Waals surface area (Å²) in [7, 11) is 2.77. The fourth-order valence-electron chi connectivity index (χ4n) is 4.50. The molecule has 0 saturated carbocycles. The van der Waals surface area contributed by atoms with Crippen LogP contribution in [0.25, 0.3) is 0 Å². The van der Waals surface area contributed by atoms with Gasteiger partial charge < -0.3 is 9.84 Å². The van der Waals surface area contributed by atoms with Crippen LogP contribution < -0.4 is 4.74 Å². The Labute approximate surface area is 169 Å². The first kappa shape index (κ1) is 20.7. The highest BCUT2D eigenvalue weighted by molar-refractivity contribution is 6.46. The van der Waals surface area contributed by atoms with Crippen molar-refractivity contribution < 1.29 is 36.2 Å². The Morgan fingerprint density at radius 1 is 0.967 bits per heavy atom. The number of benzene rings is 2. The van der Waals surface area contributed by atoms with Gasteiger partial charge in [0.2, 0.25) is 0 Å². The van der Waals surface area contributed by atoms with Gasteiger partial charge in [-0.3, -0.25) is 0 Å². The van der Waals surface area contributed by atoms with E-state index in [9.17, 15) is 27.1 Å². The van der Waals surface area contributed by atoms with Gasteiger partial charge in [-0.25, -0.2) is 8.78 Å². The average molecular weight is 421 g/mol. The van der Waals surface area contributed by atoms with E-state index >= 15 is 4.39 Å². The first-order valence-electron chi connectivity index (χ1n) is 8.88. The lowest BCUT2D eigenvalue weighted by atomic mass is 9.37. The molecule has 0 bridgehead atoms. The van der Waals surface area contributed by atoms with E-state index in [1.54, 1.807) is 6.07 Å². The standard InChI is InChI=1S/C18H12B3F6NO2/c19-15(23)13-11(30-9-4-7(6-28)3-8(22)5-9)2-1-10-12(13)14(29,17(15,20)21)18(26,27)16(10,24)25/h1-5,29H,19-21H2/t14-,15+/m0/s1. The molecule has 2 aromatic carbocycles. The molecule has 30 heavy (non-hydrogen) atoms. The minimum atomic E-state index is -4.99. The van der Waals surface area contributed by atoms with E-state index in [-0.39, 0.29) is 11.3 Å². The summed E-state index contributed by atoms with van der Waals surface area (Å²) in [4.78, 5) is 0. The van der Waals surface area contributed by atoms with Crippen LogP contribution in [0.1, 0.15) is 22.3 Å². The van der Waals surface area contributed by atoms with E-state index in [0.29, 0.717) is 6.07 Å². The minimum absolute atomic E-state index is 0.125. The van der Waals surface area contributed by atoms with E-state index < -0.39 is 56.5 Å². The molecule has 2 atom stereocenters. The smallest absolute Gasteiger partial charge is 0.345 e. The highest BCUT2D eigenvalue weighted by Crippen LogP contribution is 2.76. The molecule has 0 heterocycles. The molecule has 0 saturated heterocycles. The zero-order chi connectivity index (χ0) is 22.5. The molecule has 152 valence electrons. The predicted octanol–water partition coefficient (Wildman–Crippen LogP) is 1.57. The quantitative estimate of drug-likeness (QED) is 0.593. The molecule has 0 fully saturated rings. The fourth-order valence-corrected chi connectivity index (χ4v) is 4.50. The second kappa shape index (κ2) is 5.58. The molecule has 0 spiro atoms. The molecule has 0 radical (unpaired) electrons. The van der Waals surface area contributed by atoms with Gasteiger partial charge in [0.1, 0.15) is 33.0 Å². The summed E-state index contributed by atoms with van der Waals surface area (Å²) in [6, 6.07) is 6.11. The maximum absolute atomic E-state index is 15.9. The van der Waals surface area contributed by atoms with Crippen LogP contribution in [-0.4, -0.2) is 34.6 Å². The number of hydrogen-bond donors (Lipinski definition) is 1. The summed E-state index contributed by atoms with van der Waals surface area (Å²) in [6.07, 6.45) is 0. The zero-order valence-electron chi connectivity index (χ0n) is 16.0. The second-order valence-corrected chi connectivity index (χ2v) is 8.24. The van der Waals surface area contributed by atoms with Crippen LogP contribution >= 0.6 is 0 Å². The lowest BCUT2D eigenvalue weighted by Gasteiger charge is -2.45. The van der Waals surface area contributed by atoms with Gasteiger partial charge in [0.15, 0.2) is 13.4 Å². The van der Waals surface area contributed by atoms with Gasteiger partial charge in [-0.15, -0.1) is 0 Å². The molecular formula is C18H12B3F6NO2. The molecule has 4 rings (SSSR count). The zero-order valence-corrected chi connectivity index (χ0v) is 16.0. The van der Waals surface area contributed by atoms with Crippen molar-refractivity contribution in [3.8, 4) is 17.6 Å². The maximum Gasteiger partial charge on any atom is 0.345 e. The van der Waals surface area contributed by atoms with Crippen LogP contribution in [0.4, 0.5) is 26.3 Å². The van der Waals surface area contributed by atoms with E-state index in [4.69, 9.17) is 10.00 Å². The van der Waals surface area contributed by atoms with Crippen LogP contribution in [-0.2, 0) is 17.1 Å². The Morgan fingerprint density at radius 2 is 1.60 bits per heavy atom. The topological polar surface area (TPSA) is 53.2 Å². The van der Waals surface area contributed by atoms with Gasteiger partial charge in [-0.1, -0.05) is 0 Å². The molecule has 0 aliphatic heterocycles. The molecule has 0 unspecified atom stereocenters. The van der Waals surface area contributed by atoms with Crippen molar-refractivity contribution in [2.75, 3.05) is 0 Å². The Bertz CT molecular complexity index is 1150. The van der Waals surface area contributed by atoms with Crippen molar-refractivity contribution in [3.05, 3.63) is 58.4 Å². The van der Waals surface area contributed by atoms with Crippen LogP contribution in [0.3, 0.4) is 0 Å². The van der Waals surface area contributed by atoms with Crippen molar-refractivity contribution in [3.63, 3.8) is 0 Å². The molecule has 1 N–H and O–H groups in total. The van der Waals surface area contributed by atoms with Crippen molar-refractivity contribution >= 4 is 23.5 Å². The first-order valence-corrected chi connectivity index (χ1v) is 8.88. The van der Waals surface area contributed by atoms with E-state index in [1.165, 1.54) is 0 Å². The van der Waals surface area contributed by atoms with Crippen molar-refractivity contribution in [1.82, 2.24) is 0 Å². The van der Waals surface area contributed by atoms with E-state index in [0.717, 1.165) is 47.8 Å². The second-order valence-electron chi connectivity index (χ2n) is 8.24. The Hall–Kier alpha value is -2.54. The molecule has 2 aromatic rings. The first-order chi connectivity index (χ1) is 13.6. The number of halogens is 6. The van der Waals surface area contributed by atoms with Crippen LogP contribution in [0, 0.1) is 17.1 Å². The Kier molecular flexibility index (Phi) is 3.85. The van der Waals surface area contributed by atoms with Gasteiger partial charge >= 0.3 is 11.8 Å². The van der Waals surface area contributed by atoms with Gasteiger partial charge in [0, 0.05) is 22.8 Å². The summed E-state index contributed by atoms with van der Waals surface area (Å²) in [6.45, 7) is 0. The third-order valence-corrected chi connectivity index (χ3v) is 6.49. The average Bonchev–Trinajstić information content (AvgIpc) is 2.85. The van der Waals surface area contributed by atoms with Crippen LogP contribution in [0.2, 0.25) is 5.21 Å². The number of alkyl halides is 5. The number of aliphatic hydroxyl groups is 1. The molecule has 12 heteroatoms. The molecule has 3 nitrogen and oxygen atoms in total. The molecule has 0 amide bonds. The third kappa shape index (κ3) is 2.04. The van der Waals surface area contributed by atoms with Gasteiger partial charge in [0.25, 0.3) is 0 Å². The molecule has 0 aromatic heterocycles. The van der Waals surface area contributed by atoms with Crippen molar-refractivity contribution in [2.24, 2.45) is 0 Å². The minimum Gasteiger partial charge on any atom is -0.457 e. The maximum atomic E-state index is 15.9. The van der Waals surface area contributed by atoms with Gasteiger partial charge in [-0.2, -0.15) is 22.8 Å². The number of ether oxygens (including phenoxy) is 1. The lowest BCUT2D eigenvalue weighted by molar-refractivity contribution is -0.292. The predicted molar refractivity (Wildman–Crippen MR) is 101 cm³/mol. The Balaban J connectivity index is 2.01. The summed E-state index contributed by atoms with van der Waals surface area (Å²) in [5, 5.41) is 17.5. The summed E-state index contributed by atoms with van der Waals surface area (Å²) >= 11 is 0. The SMILES string of the molecule is BC1(B)[C@@]2(O)c3c(ccc(Oc4cc(F)cc(C#N)c4)c3[C@@]1(B)F)C(F)(F)C2(F)F. The van der Waals surface area contributed by atoms with Crippen LogP contribution in [0.15, 0.2) is 30.3 Å². The van der Waals surface area contributed by atoms with Gasteiger partial charge in [-0.05, 0) is 29.5 Å². The van der Waals surface area contributed by atoms with E-state index in [1.807, 2.05) is 0 Å². The molecular weight excluding hydrogens is 409 g/mol. The van der Waals surface area contributed by atoms with Crippen LogP contribution in [0.5, 0.6) is 11.5 Å². The number of rotatable bonds is 2. The summed E-state index contributed by atoms with van der Waals surface area (Å²) in [5.74, 6) is -11.3. The number of nitriles is 1. The molecule has 2 aliphatic carbocycles. The highest BCUT2D eigenvalue weighted by Gasteiger charge is 2.85. The monoisotopic (exact) mass is 421 g/mol. The summed E-state index contributed by atoms with van der Waals surface area (Å²) in [5.41, 5.74) is -9.14. The summed E-state index contributed by atoms with van der Waals surface area (Å²) < 4.78 is 94.0. The largest absolute Gasteiger partial charge is 0.457 e. The van der Waals surface area contributed by atoms with Gasteiger partial charge in [0.05, 0.1) is 17.2 Å².